The summed E-state index contributed by atoms with van der Waals surface area (Å²) in [5, 5.41) is 0.216. The molecule has 0 radical (unpaired) electrons. The van der Waals surface area contributed by atoms with Crippen LogP contribution < -0.4 is 0 Å². The van der Waals surface area contributed by atoms with E-state index in [0.29, 0.717) is 0 Å². The van der Waals surface area contributed by atoms with Crippen molar-refractivity contribution in [1.29, 1.82) is 0 Å². The Hall–Kier alpha value is -0.263. The van der Waals surface area contributed by atoms with Gasteiger partial charge in [-0.05, 0) is 23.5 Å². The molecule has 0 amide bonds. The molecule has 0 rings (SSSR count). The molecular formula is C13H26OSi. The maximum Gasteiger partial charge on any atom is 0.193 e. The zero-order chi connectivity index (χ0) is 12.5. The van der Waals surface area contributed by atoms with E-state index in [2.05, 4.69) is 60.6 Å². The summed E-state index contributed by atoms with van der Waals surface area (Å²) in [6.45, 7) is 17.6. The van der Waals surface area contributed by atoms with Crippen molar-refractivity contribution in [2.75, 3.05) is 0 Å². The number of terminal acetylenes is 1. The lowest BCUT2D eigenvalue weighted by Gasteiger charge is -2.41. The SMILES string of the molecule is C#CC(O[Si](C)(C)C(C)(C)C)C(C)(C)C. The standard InChI is InChI=1S/C13H26OSi/c1-10-11(12(2,3)4)14-15(8,9)13(5,6)7/h1,11H,2-9H3. The minimum Gasteiger partial charge on any atom is -0.403 e. The highest BCUT2D eigenvalue weighted by atomic mass is 28.4. The molecule has 1 nitrogen and oxygen atoms in total. The van der Waals surface area contributed by atoms with Crippen LogP contribution in [0.5, 0.6) is 0 Å². The first-order valence-electron chi connectivity index (χ1n) is 5.56. The zero-order valence-corrected chi connectivity index (χ0v) is 12.6. The fraction of sp³-hybridized carbons (Fsp3) is 0.846. The Bertz CT molecular complexity index is 247. The van der Waals surface area contributed by atoms with Gasteiger partial charge >= 0.3 is 0 Å². The third-order valence-corrected chi connectivity index (χ3v) is 7.59. The molecule has 0 aromatic heterocycles. The molecular weight excluding hydrogens is 200 g/mol. The summed E-state index contributed by atoms with van der Waals surface area (Å²) in [6.07, 6.45) is 5.47. The van der Waals surface area contributed by atoms with Gasteiger partial charge in [-0.2, -0.15) is 0 Å². The van der Waals surface area contributed by atoms with Crippen molar-refractivity contribution < 1.29 is 4.43 Å². The Labute approximate surface area is 96.7 Å². The zero-order valence-electron chi connectivity index (χ0n) is 11.6. The molecule has 2 heteroatoms. The minimum atomic E-state index is -1.74. The molecule has 0 aromatic carbocycles. The molecule has 0 N–H and O–H groups in total. The van der Waals surface area contributed by atoms with Crippen molar-refractivity contribution in [3.8, 4) is 12.3 Å². The molecule has 0 heterocycles. The molecule has 0 bridgehead atoms. The van der Waals surface area contributed by atoms with Gasteiger partial charge in [0.2, 0.25) is 0 Å². The Morgan fingerprint density at radius 3 is 1.67 bits per heavy atom. The van der Waals surface area contributed by atoms with Crippen LogP contribution in [0.4, 0.5) is 0 Å². The normalized spacial score (nSPS) is 15.9. The van der Waals surface area contributed by atoms with Gasteiger partial charge in [-0.1, -0.05) is 47.5 Å². The highest BCUT2D eigenvalue weighted by molar-refractivity contribution is 6.74. The highest BCUT2D eigenvalue weighted by Crippen LogP contribution is 2.39. The van der Waals surface area contributed by atoms with E-state index in [4.69, 9.17) is 10.8 Å². The summed E-state index contributed by atoms with van der Waals surface area (Å²) >= 11 is 0. The third-order valence-electron chi connectivity index (χ3n) is 3.16. The van der Waals surface area contributed by atoms with Gasteiger partial charge in [0.05, 0.1) is 0 Å². The van der Waals surface area contributed by atoms with Crippen LogP contribution in [0.15, 0.2) is 0 Å². The van der Waals surface area contributed by atoms with Crippen molar-refractivity contribution >= 4 is 8.32 Å². The van der Waals surface area contributed by atoms with Gasteiger partial charge in [0.15, 0.2) is 8.32 Å². The Kier molecular flexibility index (Phi) is 4.24. The highest BCUT2D eigenvalue weighted by Gasteiger charge is 2.41. The van der Waals surface area contributed by atoms with Crippen molar-refractivity contribution in [3.63, 3.8) is 0 Å². The van der Waals surface area contributed by atoms with Crippen LogP contribution in [0.1, 0.15) is 41.5 Å². The molecule has 0 fully saturated rings. The maximum atomic E-state index is 6.22. The summed E-state index contributed by atoms with van der Waals surface area (Å²) in [5.74, 6) is 2.78. The molecule has 0 aromatic rings. The van der Waals surface area contributed by atoms with E-state index in [9.17, 15) is 0 Å². The van der Waals surface area contributed by atoms with E-state index in [1.807, 2.05) is 0 Å². The molecule has 0 aliphatic carbocycles. The average Bonchev–Trinajstić information content (AvgIpc) is 1.95. The smallest absolute Gasteiger partial charge is 0.193 e. The molecule has 0 saturated heterocycles. The Morgan fingerprint density at radius 2 is 1.47 bits per heavy atom. The molecule has 15 heavy (non-hydrogen) atoms. The minimum absolute atomic E-state index is 0.0181. The van der Waals surface area contributed by atoms with Crippen LogP contribution >= 0.6 is 0 Å². The largest absolute Gasteiger partial charge is 0.403 e. The van der Waals surface area contributed by atoms with E-state index in [1.165, 1.54) is 0 Å². The number of hydrogen-bond donors (Lipinski definition) is 0. The van der Waals surface area contributed by atoms with Gasteiger partial charge in [-0.3, -0.25) is 0 Å². The van der Waals surface area contributed by atoms with Crippen molar-refractivity contribution in [3.05, 3.63) is 0 Å². The molecule has 0 aliphatic rings. The van der Waals surface area contributed by atoms with Crippen LogP contribution in [-0.4, -0.2) is 14.4 Å². The second kappa shape index (κ2) is 4.31. The first-order valence-corrected chi connectivity index (χ1v) is 8.46. The molecule has 0 saturated carbocycles. The fourth-order valence-corrected chi connectivity index (χ4v) is 2.30. The molecule has 0 spiro atoms. The fourth-order valence-electron chi connectivity index (χ4n) is 0.932. The molecule has 1 unspecified atom stereocenters. The third kappa shape index (κ3) is 4.00. The van der Waals surface area contributed by atoms with Crippen molar-refractivity contribution in [2.24, 2.45) is 5.41 Å². The first-order chi connectivity index (χ1) is 6.42. The monoisotopic (exact) mass is 226 g/mol. The number of hydrogen-bond acceptors (Lipinski definition) is 1. The van der Waals surface area contributed by atoms with Crippen LogP contribution in [0.3, 0.4) is 0 Å². The van der Waals surface area contributed by atoms with E-state index < -0.39 is 8.32 Å². The summed E-state index contributed by atoms with van der Waals surface area (Å²) < 4.78 is 6.22. The van der Waals surface area contributed by atoms with E-state index in [0.717, 1.165) is 0 Å². The van der Waals surface area contributed by atoms with Crippen molar-refractivity contribution in [2.45, 2.75) is 65.8 Å². The predicted molar refractivity (Wildman–Crippen MR) is 70.4 cm³/mol. The topological polar surface area (TPSA) is 9.23 Å². The maximum absolute atomic E-state index is 6.22. The van der Waals surface area contributed by atoms with Crippen LogP contribution in [0.25, 0.3) is 0 Å². The van der Waals surface area contributed by atoms with E-state index >= 15 is 0 Å². The molecule has 88 valence electrons. The van der Waals surface area contributed by atoms with Gasteiger partial charge < -0.3 is 4.43 Å². The first kappa shape index (κ1) is 14.7. The Morgan fingerprint density at radius 1 is 1.07 bits per heavy atom. The lowest BCUT2D eigenvalue weighted by atomic mass is 9.90. The van der Waals surface area contributed by atoms with Crippen LogP contribution in [0, 0.1) is 17.8 Å². The average molecular weight is 226 g/mol. The van der Waals surface area contributed by atoms with Crippen LogP contribution in [-0.2, 0) is 4.43 Å². The number of rotatable bonds is 2. The second-order valence-corrected chi connectivity index (χ2v) is 11.5. The van der Waals surface area contributed by atoms with Gasteiger partial charge in [0, 0.05) is 0 Å². The quantitative estimate of drug-likeness (QED) is 0.510. The van der Waals surface area contributed by atoms with E-state index in [-0.39, 0.29) is 16.6 Å². The van der Waals surface area contributed by atoms with Gasteiger partial charge in [0.25, 0.3) is 0 Å². The lowest BCUT2D eigenvalue weighted by molar-refractivity contribution is 0.122. The summed E-state index contributed by atoms with van der Waals surface area (Å²) in [7, 11) is -1.74. The van der Waals surface area contributed by atoms with Gasteiger partial charge in [-0.25, -0.2) is 0 Å². The molecule has 0 aliphatic heterocycles. The lowest BCUT2D eigenvalue weighted by Crippen LogP contribution is -2.46. The van der Waals surface area contributed by atoms with Crippen LogP contribution in [0.2, 0.25) is 18.1 Å². The predicted octanol–water partition coefficient (Wildman–Crippen LogP) is 4.06. The van der Waals surface area contributed by atoms with Crippen molar-refractivity contribution in [1.82, 2.24) is 0 Å². The Balaban J connectivity index is 4.81. The van der Waals surface area contributed by atoms with Gasteiger partial charge in [0.1, 0.15) is 6.10 Å². The van der Waals surface area contributed by atoms with Gasteiger partial charge in [-0.15, -0.1) is 6.42 Å². The van der Waals surface area contributed by atoms with E-state index in [1.54, 1.807) is 0 Å². The summed E-state index contributed by atoms with van der Waals surface area (Å²) in [4.78, 5) is 0. The second-order valence-electron chi connectivity index (χ2n) is 6.79. The molecule has 1 atom stereocenters. The summed E-state index contributed by atoms with van der Waals surface area (Å²) in [6, 6.07) is 0. The summed E-state index contributed by atoms with van der Waals surface area (Å²) in [5.41, 5.74) is 0.0181.